The number of likely N-dealkylation sites (tertiary alicyclic amines) is 1. The lowest BCUT2D eigenvalue weighted by atomic mass is 10.1. The zero-order valence-corrected chi connectivity index (χ0v) is 14.8. The highest BCUT2D eigenvalue weighted by molar-refractivity contribution is 9.10. The molecule has 1 heterocycles. The highest BCUT2D eigenvalue weighted by Gasteiger charge is 2.43. The second-order valence-corrected chi connectivity index (χ2v) is 7.40. The molecule has 1 aromatic rings. The van der Waals surface area contributed by atoms with Crippen molar-refractivity contribution in [3.05, 3.63) is 34.3 Å². The lowest BCUT2D eigenvalue weighted by Gasteiger charge is -2.26. The minimum atomic E-state index is 0.0706. The molecule has 0 radical (unpaired) electrons. The Hall–Kier alpha value is -1.36. The molecule has 1 saturated carbocycles. The molecule has 2 fully saturated rings. The Morgan fingerprint density at radius 2 is 1.83 bits per heavy atom. The third kappa shape index (κ3) is 4.34. The predicted molar refractivity (Wildman–Crippen MR) is 93.0 cm³/mol. The highest BCUT2D eigenvalue weighted by atomic mass is 79.9. The fourth-order valence-corrected chi connectivity index (χ4v) is 3.55. The van der Waals surface area contributed by atoms with Gasteiger partial charge in [0.15, 0.2) is 0 Å². The van der Waals surface area contributed by atoms with Crippen molar-refractivity contribution in [3.63, 3.8) is 0 Å². The van der Waals surface area contributed by atoms with E-state index >= 15 is 0 Å². The monoisotopic (exact) mass is 378 g/mol. The summed E-state index contributed by atoms with van der Waals surface area (Å²) in [6, 6.07) is 8.17. The molecule has 23 heavy (non-hydrogen) atoms. The van der Waals surface area contributed by atoms with E-state index in [1.54, 1.807) is 0 Å². The Balaban J connectivity index is 1.39. The molecule has 0 spiro atoms. The van der Waals surface area contributed by atoms with E-state index in [0.29, 0.717) is 18.9 Å². The van der Waals surface area contributed by atoms with Gasteiger partial charge in [-0.15, -0.1) is 0 Å². The fraction of sp³-hybridized carbons (Fsp3) is 0.556. The van der Waals surface area contributed by atoms with E-state index in [-0.39, 0.29) is 17.7 Å². The quantitative estimate of drug-likeness (QED) is 0.855. The van der Waals surface area contributed by atoms with Crippen molar-refractivity contribution in [2.24, 2.45) is 5.92 Å². The molecule has 2 unspecified atom stereocenters. The first-order valence-corrected chi connectivity index (χ1v) is 9.25. The van der Waals surface area contributed by atoms with Gasteiger partial charge in [0.2, 0.25) is 11.8 Å². The average molecular weight is 379 g/mol. The summed E-state index contributed by atoms with van der Waals surface area (Å²) in [7, 11) is 0. The molecule has 4 nitrogen and oxygen atoms in total. The molecule has 3 rings (SSSR count). The number of nitrogens with zero attached hydrogens (tertiary/aromatic N) is 1. The summed E-state index contributed by atoms with van der Waals surface area (Å²) in [5, 5.41) is 2.93. The van der Waals surface area contributed by atoms with Crippen LogP contribution in [-0.4, -0.2) is 36.3 Å². The number of halogens is 1. The summed E-state index contributed by atoms with van der Waals surface area (Å²) in [5.41, 5.74) is 1.22. The molecule has 2 aliphatic rings. The van der Waals surface area contributed by atoms with Crippen molar-refractivity contribution in [1.82, 2.24) is 10.2 Å². The molecular formula is C18H23BrN2O2. The van der Waals surface area contributed by atoms with Gasteiger partial charge in [-0.05, 0) is 49.3 Å². The van der Waals surface area contributed by atoms with Crippen molar-refractivity contribution in [2.45, 2.75) is 38.0 Å². The summed E-state index contributed by atoms with van der Waals surface area (Å²) in [4.78, 5) is 26.1. The normalized spacial score (nSPS) is 23.4. The summed E-state index contributed by atoms with van der Waals surface area (Å²) in [6.07, 6.45) is 4.76. The molecule has 1 aliphatic heterocycles. The first-order chi connectivity index (χ1) is 11.1. The average Bonchev–Trinajstić information content (AvgIpc) is 3.37. The zero-order valence-electron chi connectivity index (χ0n) is 13.3. The number of rotatable bonds is 5. The van der Waals surface area contributed by atoms with E-state index < -0.39 is 0 Å². The first-order valence-electron chi connectivity index (χ1n) is 8.46. The number of piperidine rings is 1. The minimum absolute atomic E-state index is 0.0706. The molecule has 1 N–H and O–H groups in total. The molecular weight excluding hydrogens is 356 g/mol. The highest BCUT2D eigenvalue weighted by Crippen LogP contribution is 2.47. The molecule has 0 aromatic heterocycles. The first kappa shape index (κ1) is 16.5. The molecule has 2 atom stereocenters. The van der Waals surface area contributed by atoms with Gasteiger partial charge in [0.1, 0.15) is 0 Å². The van der Waals surface area contributed by atoms with E-state index in [1.165, 1.54) is 12.0 Å². The topological polar surface area (TPSA) is 49.4 Å². The number of hydrogen-bond acceptors (Lipinski definition) is 2. The fourth-order valence-electron chi connectivity index (χ4n) is 3.29. The van der Waals surface area contributed by atoms with Gasteiger partial charge >= 0.3 is 0 Å². The van der Waals surface area contributed by atoms with E-state index in [0.717, 1.165) is 36.8 Å². The molecule has 0 bridgehead atoms. The number of carbonyl (C=O) groups is 2. The van der Waals surface area contributed by atoms with Gasteiger partial charge in [-0.2, -0.15) is 0 Å². The lowest BCUT2D eigenvalue weighted by molar-refractivity contribution is -0.132. The van der Waals surface area contributed by atoms with E-state index in [1.807, 2.05) is 17.0 Å². The Kier molecular flexibility index (Phi) is 5.36. The third-order valence-corrected chi connectivity index (χ3v) is 5.30. The second kappa shape index (κ2) is 7.47. The van der Waals surface area contributed by atoms with Crippen LogP contribution >= 0.6 is 15.9 Å². The van der Waals surface area contributed by atoms with E-state index in [9.17, 15) is 9.59 Å². The van der Waals surface area contributed by atoms with Gasteiger partial charge in [-0.25, -0.2) is 0 Å². The summed E-state index contributed by atoms with van der Waals surface area (Å²) >= 11 is 3.42. The van der Waals surface area contributed by atoms with Crippen molar-refractivity contribution in [3.8, 4) is 0 Å². The maximum atomic E-state index is 12.2. The molecule has 1 saturated heterocycles. The number of benzene rings is 1. The SMILES string of the molecule is O=C(NCCC(=O)N1CCCCC1)C1CC1c1ccc(Br)cc1. The maximum Gasteiger partial charge on any atom is 0.224 e. The summed E-state index contributed by atoms with van der Waals surface area (Å²) in [6.45, 7) is 2.21. The van der Waals surface area contributed by atoms with Crippen LogP contribution in [-0.2, 0) is 9.59 Å². The molecule has 124 valence electrons. The van der Waals surface area contributed by atoms with Crippen LogP contribution in [0.5, 0.6) is 0 Å². The van der Waals surface area contributed by atoms with Gasteiger partial charge < -0.3 is 10.2 Å². The van der Waals surface area contributed by atoms with Crippen LogP contribution in [0.1, 0.15) is 43.6 Å². The van der Waals surface area contributed by atoms with Crippen molar-refractivity contribution in [1.29, 1.82) is 0 Å². The van der Waals surface area contributed by atoms with Crippen LogP contribution in [0.15, 0.2) is 28.7 Å². The van der Waals surface area contributed by atoms with Gasteiger partial charge in [0, 0.05) is 36.4 Å². The Morgan fingerprint density at radius 3 is 2.52 bits per heavy atom. The molecule has 2 amide bonds. The number of amides is 2. The van der Waals surface area contributed by atoms with Crippen molar-refractivity contribution in [2.75, 3.05) is 19.6 Å². The van der Waals surface area contributed by atoms with Gasteiger partial charge in [0.25, 0.3) is 0 Å². The van der Waals surface area contributed by atoms with Crippen LogP contribution in [0.25, 0.3) is 0 Å². The number of hydrogen-bond donors (Lipinski definition) is 1. The van der Waals surface area contributed by atoms with E-state index in [4.69, 9.17) is 0 Å². The second-order valence-electron chi connectivity index (χ2n) is 6.48. The Bertz CT molecular complexity index is 567. The molecule has 1 aromatic carbocycles. The smallest absolute Gasteiger partial charge is 0.224 e. The lowest BCUT2D eigenvalue weighted by Crippen LogP contribution is -2.38. The minimum Gasteiger partial charge on any atom is -0.355 e. The largest absolute Gasteiger partial charge is 0.355 e. The predicted octanol–water partition coefficient (Wildman–Crippen LogP) is 3.07. The zero-order chi connectivity index (χ0) is 16.2. The third-order valence-electron chi connectivity index (χ3n) is 4.77. The van der Waals surface area contributed by atoms with Gasteiger partial charge in [-0.3, -0.25) is 9.59 Å². The summed E-state index contributed by atoms with van der Waals surface area (Å²) < 4.78 is 1.05. The molecule has 5 heteroatoms. The Labute approximate surface area is 145 Å². The van der Waals surface area contributed by atoms with Crippen LogP contribution < -0.4 is 5.32 Å². The number of nitrogens with one attached hydrogen (secondary N) is 1. The van der Waals surface area contributed by atoms with Gasteiger partial charge in [-0.1, -0.05) is 28.1 Å². The standard InChI is InChI=1S/C18H23BrN2O2/c19-14-6-4-13(5-7-14)15-12-16(15)18(23)20-9-8-17(22)21-10-2-1-3-11-21/h4-7,15-16H,1-3,8-12H2,(H,20,23). The number of carbonyl (C=O) groups excluding carboxylic acids is 2. The van der Waals surface area contributed by atoms with Crippen LogP contribution in [0.3, 0.4) is 0 Å². The molecule has 1 aliphatic carbocycles. The summed E-state index contributed by atoms with van der Waals surface area (Å²) in [5.74, 6) is 0.664. The van der Waals surface area contributed by atoms with E-state index in [2.05, 4.69) is 33.4 Å². The van der Waals surface area contributed by atoms with Crippen LogP contribution in [0.4, 0.5) is 0 Å². The maximum absolute atomic E-state index is 12.2. The van der Waals surface area contributed by atoms with Crippen molar-refractivity contribution < 1.29 is 9.59 Å². The van der Waals surface area contributed by atoms with Crippen LogP contribution in [0, 0.1) is 5.92 Å². The Morgan fingerprint density at radius 1 is 1.13 bits per heavy atom. The van der Waals surface area contributed by atoms with Crippen molar-refractivity contribution >= 4 is 27.7 Å². The van der Waals surface area contributed by atoms with Gasteiger partial charge in [0.05, 0.1) is 0 Å². The van der Waals surface area contributed by atoms with Crippen LogP contribution in [0.2, 0.25) is 0 Å².